The smallest absolute Gasteiger partial charge is 0.308 e. The first-order valence-corrected chi connectivity index (χ1v) is 19.1. The molecule has 3 rings (SSSR count). The summed E-state index contributed by atoms with van der Waals surface area (Å²) in [6.45, 7) is 10.7. The Labute approximate surface area is 320 Å². The van der Waals surface area contributed by atoms with Gasteiger partial charge in [-0.2, -0.15) is 0 Å². The van der Waals surface area contributed by atoms with E-state index in [2.05, 4.69) is 0 Å². The number of rotatable bonds is 11. The lowest BCUT2D eigenvalue weighted by molar-refractivity contribution is -0.345. The molecule has 16 atom stereocenters. The molecule has 1 unspecified atom stereocenters. The van der Waals surface area contributed by atoms with Crippen molar-refractivity contribution in [3.8, 4) is 0 Å². The van der Waals surface area contributed by atoms with Crippen LogP contribution < -0.4 is 0 Å². The summed E-state index contributed by atoms with van der Waals surface area (Å²) in [7, 11) is 6.47. The normalized spacial score (nSPS) is 42.9. The molecule has 0 aromatic carbocycles. The molecule has 310 valence electrons. The molecule has 3 N–H and O–H groups in total. The minimum absolute atomic E-state index is 0.0371. The quantitative estimate of drug-likeness (QED) is 0.205. The van der Waals surface area contributed by atoms with Crippen LogP contribution in [0.3, 0.4) is 0 Å². The fraction of sp³-hybridized carbons (Fsp3) is 0.821. The number of likely N-dealkylation sites (N-methyl/N-ethyl adjacent to an activating group) is 1. The Bertz CT molecular complexity index is 1250. The zero-order chi connectivity index (χ0) is 40.3. The van der Waals surface area contributed by atoms with Crippen LogP contribution in [0, 0.1) is 11.8 Å². The van der Waals surface area contributed by atoms with Gasteiger partial charge in [-0.15, -0.1) is 0 Å². The fourth-order valence-corrected chi connectivity index (χ4v) is 7.66. The molecule has 0 bridgehead atoms. The molecule has 3 heterocycles. The van der Waals surface area contributed by atoms with Crippen LogP contribution in [-0.2, 0) is 52.3 Å². The van der Waals surface area contributed by atoms with Crippen molar-refractivity contribution in [3.63, 3.8) is 0 Å². The van der Waals surface area contributed by atoms with Gasteiger partial charge in [0.15, 0.2) is 18.7 Å². The molecular formula is C39H65NO14. The number of carbonyl (C=O) groups excluding carboxylic acids is 3. The maximum Gasteiger partial charge on any atom is 0.308 e. The van der Waals surface area contributed by atoms with E-state index in [0.29, 0.717) is 6.42 Å². The summed E-state index contributed by atoms with van der Waals surface area (Å²) in [5, 5.41) is 34.4. The third kappa shape index (κ3) is 12.1. The number of aliphatic hydroxyl groups is 3. The topological polar surface area (TPSA) is 189 Å². The van der Waals surface area contributed by atoms with Gasteiger partial charge in [0.2, 0.25) is 0 Å². The predicted octanol–water partition coefficient (Wildman–Crippen LogP) is 2.46. The summed E-state index contributed by atoms with van der Waals surface area (Å²) in [4.78, 5) is 39.0. The average Bonchev–Trinajstić information content (AvgIpc) is 3.10. The van der Waals surface area contributed by atoms with Crippen molar-refractivity contribution in [2.24, 2.45) is 11.8 Å². The Balaban J connectivity index is 1.93. The first kappa shape index (κ1) is 46.1. The van der Waals surface area contributed by atoms with Crippen LogP contribution in [0.4, 0.5) is 0 Å². The second-order valence-electron chi connectivity index (χ2n) is 15.3. The zero-order valence-corrected chi connectivity index (χ0v) is 33.6. The number of hydrogen-bond donors (Lipinski definition) is 3. The van der Waals surface area contributed by atoms with Crippen molar-refractivity contribution in [1.82, 2.24) is 4.90 Å². The van der Waals surface area contributed by atoms with Crippen LogP contribution in [-0.4, -0.2) is 152 Å². The largest absolute Gasteiger partial charge is 0.462 e. The molecule has 2 saturated heterocycles. The highest BCUT2D eigenvalue weighted by atomic mass is 16.7. The molecule has 2 fully saturated rings. The van der Waals surface area contributed by atoms with Gasteiger partial charge in [-0.05, 0) is 60.0 Å². The van der Waals surface area contributed by atoms with Crippen molar-refractivity contribution < 1.29 is 67.6 Å². The van der Waals surface area contributed by atoms with Crippen molar-refractivity contribution in [2.45, 2.75) is 165 Å². The van der Waals surface area contributed by atoms with Gasteiger partial charge in [-0.1, -0.05) is 38.2 Å². The highest BCUT2D eigenvalue weighted by molar-refractivity contribution is 5.70. The van der Waals surface area contributed by atoms with Crippen LogP contribution >= 0.6 is 0 Å². The molecule has 0 amide bonds. The SMILES string of the molecule is CCC(=O)O[C@H]1[C@H](C)O[C@@H](O[C@H]2[C@H](N(C)C)[C@@H](O)[C@H](O[C@@H]3C(OC)[C@H](O)CC(=O)O[C@H](C)C/C=C/C=C/[C@H](O)[C@H](C)C[C@@H]3CC=O)O[C@@H]2C)C[C@@]1(C)OC. The number of aliphatic hydroxyl groups excluding tert-OH is 3. The second kappa shape index (κ2) is 21.3. The number of allylic oxidation sites excluding steroid dienone is 2. The molecule has 0 radical (unpaired) electrons. The molecule has 3 aliphatic heterocycles. The highest BCUT2D eigenvalue weighted by Crippen LogP contribution is 2.38. The van der Waals surface area contributed by atoms with Gasteiger partial charge < -0.3 is 62.9 Å². The minimum atomic E-state index is -1.42. The monoisotopic (exact) mass is 771 g/mol. The predicted molar refractivity (Wildman–Crippen MR) is 196 cm³/mol. The van der Waals surface area contributed by atoms with Gasteiger partial charge in [0.05, 0.1) is 43.0 Å². The van der Waals surface area contributed by atoms with Crippen LogP contribution in [0.2, 0.25) is 0 Å². The molecule has 3 aliphatic rings. The molecule has 15 heteroatoms. The summed E-state index contributed by atoms with van der Waals surface area (Å²) in [5.74, 6) is -2.02. The second-order valence-corrected chi connectivity index (χ2v) is 15.3. The van der Waals surface area contributed by atoms with E-state index in [4.69, 9.17) is 37.9 Å². The first-order chi connectivity index (χ1) is 25.5. The van der Waals surface area contributed by atoms with Crippen molar-refractivity contribution >= 4 is 18.2 Å². The van der Waals surface area contributed by atoms with Gasteiger partial charge in [-0.3, -0.25) is 9.59 Å². The number of carbonyl (C=O) groups is 3. The van der Waals surface area contributed by atoms with Gasteiger partial charge in [0.1, 0.15) is 36.3 Å². The standard InChI is InChI=1S/C39H65NO14/c1-11-29(44)52-37-25(5)50-31(21-39(37,6)48-10)53-34-24(4)51-38(33(46)32(34)40(7)8)54-35-26(17-18-41)19-22(2)27(42)16-14-12-13-15-23(3)49-30(45)20-28(43)36(35)47-9/h12-14,16,18,22-28,31-38,42-43,46H,11,15,17,19-21H2,1-10H3/b13-12+,16-14+/t22-,23-,24-,25+,26+,27+,28-,31+,32-,33-,34-,35+,36?,37+,38+,39-/m1/s1. The molecule has 0 aliphatic carbocycles. The Morgan fingerprint density at radius 1 is 1.02 bits per heavy atom. The number of cyclic esters (lactones) is 1. The lowest BCUT2D eigenvalue weighted by Gasteiger charge is -2.51. The minimum Gasteiger partial charge on any atom is -0.462 e. The van der Waals surface area contributed by atoms with Crippen molar-refractivity contribution in [2.75, 3.05) is 28.3 Å². The molecule has 15 nitrogen and oxygen atoms in total. The van der Waals surface area contributed by atoms with Gasteiger partial charge in [0, 0.05) is 39.9 Å². The van der Waals surface area contributed by atoms with Gasteiger partial charge >= 0.3 is 11.9 Å². The van der Waals surface area contributed by atoms with Crippen molar-refractivity contribution in [3.05, 3.63) is 24.3 Å². The van der Waals surface area contributed by atoms with E-state index < -0.39 is 104 Å². The Morgan fingerprint density at radius 3 is 2.33 bits per heavy atom. The van der Waals surface area contributed by atoms with E-state index in [-0.39, 0.29) is 37.6 Å². The molecular weight excluding hydrogens is 706 g/mol. The lowest BCUT2D eigenvalue weighted by Crippen LogP contribution is -2.66. The number of hydrogen-bond acceptors (Lipinski definition) is 15. The summed E-state index contributed by atoms with van der Waals surface area (Å²) in [6, 6.07) is -0.709. The molecule has 0 aromatic heterocycles. The molecule has 0 saturated carbocycles. The number of esters is 2. The average molecular weight is 772 g/mol. The van der Waals surface area contributed by atoms with Crippen LogP contribution in [0.1, 0.15) is 80.1 Å². The van der Waals surface area contributed by atoms with E-state index in [9.17, 15) is 29.7 Å². The third-order valence-corrected chi connectivity index (χ3v) is 10.8. The van der Waals surface area contributed by atoms with Crippen molar-refractivity contribution in [1.29, 1.82) is 0 Å². The molecule has 54 heavy (non-hydrogen) atoms. The third-order valence-electron chi connectivity index (χ3n) is 10.8. The summed E-state index contributed by atoms with van der Waals surface area (Å²) >= 11 is 0. The number of ether oxygens (including phenoxy) is 8. The first-order valence-electron chi connectivity index (χ1n) is 19.1. The summed E-state index contributed by atoms with van der Waals surface area (Å²) < 4.78 is 48.5. The van der Waals surface area contributed by atoms with Gasteiger partial charge in [-0.25, -0.2) is 0 Å². The Morgan fingerprint density at radius 2 is 1.72 bits per heavy atom. The van der Waals surface area contributed by atoms with E-state index in [1.807, 2.05) is 19.9 Å². The van der Waals surface area contributed by atoms with Crippen LogP contribution in [0.15, 0.2) is 24.3 Å². The number of nitrogens with zero attached hydrogens (tertiary/aromatic N) is 1. The van der Waals surface area contributed by atoms with E-state index in [1.165, 1.54) is 14.2 Å². The maximum atomic E-state index is 12.9. The van der Waals surface area contributed by atoms with E-state index >= 15 is 0 Å². The molecule has 0 aromatic rings. The molecule has 0 spiro atoms. The van der Waals surface area contributed by atoms with Crippen LogP contribution in [0.25, 0.3) is 0 Å². The van der Waals surface area contributed by atoms with E-state index in [1.54, 1.807) is 64.9 Å². The lowest BCUT2D eigenvalue weighted by atomic mass is 9.82. The van der Waals surface area contributed by atoms with Gasteiger partial charge in [0.25, 0.3) is 0 Å². The number of methoxy groups -OCH3 is 2. The highest BCUT2D eigenvalue weighted by Gasteiger charge is 2.53. The summed E-state index contributed by atoms with van der Waals surface area (Å²) in [5.41, 5.74) is -0.931. The van der Waals surface area contributed by atoms with E-state index in [0.717, 1.165) is 6.29 Å². The zero-order valence-electron chi connectivity index (χ0n) is 33.6. The van der Waals surface area contributed by atoms with Crippen LogP contribution in [0.5, 0.6) is 0 Å². The number of aldehydes is 1. The Kier molecular flexibility index (Phi) is 18.2. The Hall–Kier alpha value is -2.31. The maximum absolute atomic E-state index is 12.9. The fourth-order valence-electron chi connectivity index (χ4n) is 7.66. The summed E-state index contributed by atoms with van der Waals surface area (Å²) in [6.07, 6.45) is -2.84.